The first-order valence-corrected chi connectivity index (χ1v) is 9.23. The zero-order valence-corrected chi connectivity index (χ0v) is 14.7. The minimum atomic E-state index is -0.211. The van der Waals surface area contributed by atoms with Gasteiger partial charge in [0.25, 0.3) is 0 Å². The SMILES string of the molecule is COc1ccccc1NN1CCC(C2CCN(CCF)CC2)CC1. The molecule has 0 atom stereocenters. The Bertz CT molecular complexity index is 497. The van der Waals surface area contributed by atoms with E-state index in [2.05, 4.69) is 21.4 Å². The van der Waals surface area contributed by atoms with Crippen LogP contribution in [-0.2, 0) is 0 Å². The monoisotopic (exact) mass is 335 g/mol. The van der Waals surface area contributed by atoms with Crippen LogP contribution in [0.2, 0.25) is 0 Å². The third kappa shape index (κ3) is 4.39. The standard InChI is InChI=1S/C19H30FN3O/c1-24-19-5-3-2-4-18(19)21-23-13-8-17(9-14-23)16-6-11-22(12-7-16)15-10-20/h2-5,16-17,21H,6-15H2,1H3. The van der Waals surface area contributed by atoms with Gasteiger partial charge in [-0.15, -0.1) is 0 Å². The highest BCUT2D eigenvalue weighted by molar-refractivity contribution is 5.55. The molecular weight excluding hydrogens is 305 g/mol. The summed E-state index contributed by atoms with van der Waals surface area (Å²) < 4.78 is 17.9. The summed E-state index contributed by atoms with van der Waals surface area (Å²) in [6.07, 6.45) is 4.97. The summed E-state index contributed by atoms with van der Waals surface area (Å²) in [5.74, 6) is 2.54. The summed E-state index contributed by atoms with van der Waals surface area (Å²) >= 11 is 0. The molecule has 0 unspecified atom stereocenters. The number of hydrogen-bond donors (Lipinski definition) is 1. The number of piperidine rings is 2. The predicted octanol–water partition coefficient (Wildman–Crippen LogP) is 3.42. The molecule has 2 saturated heterocycles. The quantitative estimate of drug-likeness (QED) is 0.862. The van der Waals surface area contributed by atoms with Crippen LogP contribution in [0.4, 0.5) is 10.1 Å². The second-order valence-electron chi connectivity index (χ2n) is 7.00. The summed E-state index contributed by atoms with van der Waals surface area (Å²) in [5, 5.41) is 2.31. The van der Waals surface area contributed by atoms with Crippen LogP contribution in [0, 0.1) is 11.8 Å². The van der Waals surface area contributed by atoms with Gasteiger partial charge in [-0.2, -0.15) is 0 Å². The van der Waals surface area contributed by atoms with Gasteiger partial charge >= 0.3 is 0 Å². The van der Waals surface area contributed by atoms with Crippen molar-refractivity contribution < 1.29 is 9.13 Å². The van der Waals surface area contributed by atoms with Crippen molar-refractivity contribution in [3.8, 4) is 5.75 Å². The molecule has 5 heteroatoms. The van der Waals surface area contributed by atoms with Gasteiger partial charge in [-0.1, -0.05) is 12.1 Å². The van der Waals surface area contributed by atoms with Gasteiger partial charge in [0, 0.05) is 19.6 Å². The Morgan fingerprint density at radius 2 is 1.67 bits per heavy atom. The maximum atomic E-state index is 12.4. The molecule has 2 heterocycles. The van der Waals surface area contributed by atoms with Crippen LogP contribution >= 0.6 is 0 Å². The molecule has 134 valence electrons. The number of nitrogens with zero attached hydrogens (tertiary/aromatic N) is 2. The Morgan fingerprint density at radius 1 is 1.04 bits per heavy atom. The Morgan fingerprint density at radius 3 is 2.29 bits per heavy atom. The molecule has 2 fully saturated rings. The van der Waals surface area contributed by atoms with Crippen molar-refractivity contribution in [1.29, 1.82) is 0 Å². The number of alkyl halides is 1. The highest BCUT2D eigenvalue weighted by atomic mass is 19.1. The van der Waals surface area contributed by atoms with E-state index in [1.165, 1.54) is 25.7 Å². The molecule has 4 nitrogen and oxygen atoms in total. The van der Waals surface area contributed by atoms with Gasteiger partial charge in [-0.05, 0) is 62.7 Å². The first kappa shape index (κ1) is 17.5. The Hall–Kier alpha value is -1.33. The van der Waals surface area contributed by atoms with Gasteiger partial charge in [-0.25, -0.2) is 9.40 Å². The molecule has 0 radical (unpaired) electrons. The molecule has 2 aliphatic heterocycles. The number of para-hydroxylation sites is 2. The highest BCUT2D eigenvalue weighted by Gasteiger charge is 2.29. The van der Waals surface area contributed by atoms with Gasteiger partial charge in [0.2, 0.25) is 0 Å². The van der Waals surface area contributed by atoms with Crippen LogP contribution in [0.1, 0.15) is 25.7 Å². The van der Waals surface area contributed by atoms with Crippen LogP contribution in [0.5, 0.6) is 5.75 Å². The number of likely N-dealkylation sites (tertiary alicyclic amines) is 1. The van der Waals surface area contributed by atoms with E-state index in [1.807, 2.05) is 18.2 Å². The molecule has 0 bridgehead atoms. The second-order valence-corrected chi connectivity index (χ2v) is 7.00. The van der Waals surface area contributed by atoms with E-state index in [-0.39, 0.29) is 6.67 Å². The number of anilines is 1. The van der Waals surface area contributed by atoms with Crippen LogP contribution in [0.25, 0.3) is 0 Å². The molecule has 24 heavy (non-hydrogen) atoms. The van der Waals surface area contributed by atoms with Gasteiger partial charge < -0.3 is 15.1 Å². The van der Waals surface area contributed by atoms with Crippen LogP contribution in [0.15, 0.2) is 24.3 Å². The molecule has 0 aromatic heterocycles. The van der Waals surface area contributed by atoms with Crippen molar-refractivity contribution in [3.63, 3.8) is 0 Å². The number of hydrogen-bond acceptors (Lipinski definition) is 4. The average Bonchev–Trinajstić information content (AvgIpc) is 2.64. The van der Waals surface area contributed by atoms with E-state index in [0.29, 0.717) is 6.54 Å². The summed E-state index contributed by atoms with van der Waals surface area (Å²) in [6, 6.07) is 8.07. The molecule has 2 aliphatic rings. The lowest BCUT2D eigenvalue weighted by atomic mass is 9.79. The predicted molar refractivity (Wildman–Crippen MR) is 96.1 cm³/mol. The number of rotatable bonds is 6. The zero-order valence-electron chi connectivity index (χ0n) is 14.7. The molecule has 1 N–H and O–H groups in total. The Balaban J connectivity index is 1.44. The number of nitrogens with one attached hydrogen (secondary N) is 1. The smallest absolute Gasteiger partial charge is 0.143 e. The van der Waals surface area contributed by atoms with E-state index in [1.54, 1.807) is 7.11 Å². The zero-order chi connectivity index (χ0) is 16.8. The van der Waals surface area contributed by atoms with Crippen molar-refractivity contribution in [2.45, 2.75) is 25.7 Å². The number of hydrazine groups is 1. The van der Waals surface area contributed by atoms with Gasteiger partial charge in [-0.3, -0.25) is 0 Å². The van der Waals surface area contributed by atoms with Gasteiger partial charge in [0.15, 0.2) is 0 Å². The third-order valence-corrected chi connectivity index (χ3v) is 5.62. The van der Waals surface area contributed by atoms with Gasteiger partial charge in [0.1, 0.15) is 12.4 Å². The number of methoxy groups -OCH3 is 1. The highest BCUT2D eigenvalue weighted by Crippen LogP contribution is 2.33. The van der Waals surface area contributed by atoms with Crippen LogP contribution in [-0.4, -0.2) is 56.4 Å². The fraction of sp³-hybridized carbons (Fsp3) is 0.684. The molecular formula is C19H30FN3O. The molecule has 0 aliphatic carbocycles. The molecule has 1 aromatic carbocycles. The average molecular weight is 335 g/mol. The maximum Gasteiger partial charge on any atom is 0.143 e. The molecule has 0 spiro atoms. The fourth-order valence-electron chi connectivity index (χ4n) is 4.16. The van der Waals surface area contributed by atoms with E-state index >= 15 is 0 Å². The number of benzene rings is 1. The molecule has 0 amide bonds. The second kappa shape index (κ2) is 8.67. The molecule has 1 aromatic rings. The van der Waals surface area contributed by atoms with Crippen molar-refractivity contribution in [3.05, 3.63) is 24.3 Å². The van der Waals surface area contributed by atoms with E-state index in [9.17, 15) is 4.39 Å². The van der Waals surface area contributed by atoms with E-state index in [0.717, 1.165) is 49.5 Å². The first-order chi connectivity index (χ1) is 11.8. The summed E-state index contributed by atoms with van der Waals surface area (Å²) in [4.78, 5) is 2.27. The summed E-state index contributed by atoms with van der Waals surface area (Å²) in [6.45, 7) is 4.72. The van der Waals surface area contributed by atoms with Crippen molar-refractivity contribution >= 4 is 5.69 Å². The minimum absolute atomic E-state index is 0.211. The first-order valence-electron chi connectivity index (χ1n) is 9.23. The normalized spacial score (nSPS) is 21.8. The summed E-state index contributed by atoms with van der Waals surface area (Å²) in [5.41, 5.74) is 4.55. The van der Waals surface area contributed by atoms with Crippen LogP contribution < -0.4 is 10.2 Å². The minimum Gasteiger partial charge on any atom is -0.495 e. The largest absolute Gasteiger partial charge is 0.495 e. The Labute approximate surface area is 144 Å². The van der Waals surface area contributed by atoms with Crippen LogP contribution in [0.3, 0.4) is 0 Å². The van der Waals surface area contributed by atoms with E-state index in [4.69, 9.17) is 4.74 Å². The molecule has 3 rings (SSSR count). The number of ether oxygens (including phenoxy) is 1. The lowest BCUT2D eigenvalue weighted by molar-refractivity contribution is 0.102. The third-order valence-electron chi connectivity index (χ3n) is 5.62. The lowest BCUT2D eigenvalue weighted by Crippen LogP contribution is -2.42. The van der Waals surface area contributed by atoms with Crippen molar-refractivity contribution in [1.82, 2.24) is 9.91 Å². The number of halogens is 1. The maximum absolute atomic E-state index is 12.4. The van der Waals surface area contributed by atoms with Crippen molar-refractivity contribution in [2.24, 2.45) is 11.8 Å². The Kier molecular flexibility index (Phi) is 6.32. The van der Waals surface area contributed by atoms with Crippen molar-refractivity contribution in [2.75, 3.05) is 51.9 Å². The lowest BCUT2D eigenvalue weighted by Gasteiger charge is -2.40. The topological polar surface area (TPSA) is 27.7 Å². The fourth-order valence-corrected chi connectivity index (χ4v) is 4.16. The summed E-state index contributed by atoms with van der Waals surface area (Å²) in [7, 11) is 1.71. The molecule has 0 saturated carbocycles. The van der Waals surface area contributed by atoms with E-state index < -0.39 is 0 Å². The van der Waals surface area contributed by atoms with Gasteiger partial charge in [0.05, 0.1) is 12.8 Å².